The van der Waals surface area contributed by atoms with E-state index in [4.69, 9.17) is 0 Å². The van der Waals surface area contributed by atoms with Gasteiger partial charge in [0.2, 0.25) is 10.0 Å². The van der Waals surface area contributed by atoms with Crippen LogP contribution in [0.25, 0.3) is 0 Å². The van der Waals surface area contributed by atoms with Crippen LogP contribution < -0.4 is 10.0 Å². The van der Waals surface area contributed by atoms with Gasteiger partial charge >= 0.3 is 0 Å². The highest BCUT2D eigenvalue weighted by atomic mass is 35.5. The van der Waals surface area contributed by atoms with E-state index in [1.54, 1.807) is 19.1 Å². The SMILES string of the molecule is Cc1ccc(C)c(S(=O)(=O)NCCN2CCNCC2)c1[N+](=O)[O-].Cl.Cl. The van der Waals surface area contributed by atoms with Gasteiger partial charge in [-0.25, -0.2) is 13.1 Å². The van der Waals surface area contributed by atoms with Gasteiger partial charge in [-0.1, -0.05) is 12.1 Å². The Morgan fingerprint density at radius 1 is 1.20 bits per heavy atom. The molecule has 0 radical (unpaired) electrons. The standard InChI is InChI=1S/C14H22N4O4S.2ClH/c1-11-3-4-12(2)14(13(11)18(19)20)23(21,22)16-7-10-17-8-5-15-6-9-17;;/h3-4,15-16H,5-10H2,1-2H3;2*1H. The Balaban J connectivity index is 0.00000288. The molecule has 8 nitrogen and oxygen atoms in total. The monoisotopic (exact) mass is 414 g/mol. The van der Waals surface area contributed by atoms with Crippen molar-refractivity contribution in [2.75, 3.05) is 39.3 Å². The van der Waals surface area contributed by atoms with E-state index in [1.165, 1.54) is 6.92 Å². The van der Waals surface area contributed by atoms with Gasteiger partial charge in [0.05, 0.1) is 4.92 Å². The molecule has 0 saturated carbocycles. The Hall–Kier alpha value is -0.970. The van der Waals surface area contributed by atoms with Crippen molar-refractivity contribution in [1.29, 1.82) is 0 Å². The van der Waals surface area contributed by atoms with E-state index in [0.29, 0.717) is 17.7 Å². The van der Waals surface area contributed by atoms with Gasteiger partial charge in [0.15, 0.2) is 4.90 Å². The molecule has 11 heteroatoms. The first kappa shape index (κ1) is 24.0. The van der Waals surface area contributed by atoms with E-state index in [2.05, 4.69) is 14.9 Å². The van der Waals surface area contributed by atoms with Crippen LogP contribution in [0.4, 0.5) is 5.69 Å². The van der Waals surface area contributed by atoms with E-state index in [-0.39, 0.29) is 41.9 Å². The van der Waals surface area contributed by atoms with Crippen LogP contribution in [0.2, 0.25) is 0 Å². The maximum atomic E-state index is 12.5. The Kier molecular flexibility index (Phi) is 9.85. The summed E-state index contributed by atoms with van der Waals surface area (Å²) in [7, 11) is -3.92. The molecule has 0 atom stereocenters. The largest absolute Gasteiger partial charge is 0.314 e. The molecule has 1 saturated heterocycles. The normalized spacial score (nSPS) is 15.1. The fourth-order valence-electron chi connectivity index (χ4n) is 2.68. The number of hydrogen-bond donors (Lipinski definition) is 2. The van der Waals surface area contributed by atoms with Crippen molar-refractivity contribution in [1.82, 2.24) is 14.9 Å². The lowest BCUT2D eigenvalue weighted by Crippen LogP contribution is -2.46. The first-order valence-electron chi connectivity index (χ1n) is 7.50. The van der Waals surface area contributed by atoms with Gasteiger partial charge in [-0.05, 0) is 19.4 Å². The summed E-state index contributed by atoms with van der Waals surface area (Å²) >= 11 is 0. The van der Waals surface area contributed by atoms with Crippen molar-refractivity contribution in [3.05, 3.63) is 33.4 Å². The summed E-state index contributed by atoms with van der Waals surface area (Å²) in [6.45, 7) is 7.42. The van der Waals surface area contributed by atoms with E-state index in [1.807, 2.05) is 0 Å². The molecule has 144 valence electrons. The van der Waals surface area contributed by atoms with Gasteiger partial charge in [0, 0.05) is 44.8 Å². The van der Waals surface area contributed by atoms with E-state index >= 15 is 0 Å². The lowest BCUT2D eigenvalue weighted by atomic mass is 10.1. The number of hydrogen-bond acceptors (Lipinski definition) is 6. The molecule has 0 aromatic heterocycles. The molecule has 2 rings (SSSR count). The fraction of sp³-hybridized carbons (Fsp3) is 0.571. The molecule has 0 amide bonds. The smallest absolute Gasteiger partial charge is 0.292 e. The Labute approximate surface area is 160 Å². The lowest BCUT2D eigenvalue weighted by molar-refractivity contribution is -0.388. The van der Waals surface area contributed by atoms with Crippen LogP contribution in [-0.2, 0) is 10.0 Å². The number of nitro benzene ring substituents is 1. The summed E-state index contributed by atoms with van der Waals surface area (Å²) in [6, 6.07) is 3.15. The Morgan fingerprint density at radius 3 is 2.32 bits per heavy atom. The molecule has 1 fully saturated rings. The van der Waals surface area contributed by atoms with Crippen LogP contribution in [0.5, 0.6) is 0 Å². The van der Waals surface area contributed by atoms with Gasteiger partial charge in [-0.3, -0.25) is 15.0 Å². The molecule has 0 bridgehead atoms. The third-order valence-electron chi connectivity index (χ3n) is 3.91. The maximum absolute atomic E-state index is 12.5. The average Bonchev–Trinajstić information content (AvgIpc) is 2.49. The molecule has 0 unspecified atom stereocenters. The summed E-state index contributed by atoms with van der Waals surface area (Å²) in [6.07, 6.45) is 0. The van der Waals surface area contributed by atoms with Crippen molar-refractivity contribution in [3.63, 3.8) is 0 Å². The van der Waals surface area contributed by atoms with Crippen LogP contribution in [-0.4, -0.2) is 57.5 Å². The van der Waals surface area contributed by atoms with Crippen molar-refractivity contribution in [2.24, 2.45) is 0 Å². The first-order valence-corrected chi connectivity index (χ1v) is 8.98. The summed E-state index contributed by atoms with van der Waals surface area (Å²) in [4.78, 5) is 12.5. The quantitative estimate of drug-likeness (QED) is 0.535. The minimum atomic E-state index is -3.92. The number of benzene rings is 1. The highest BCUT2D eigenvalue weighted by Gasteiger charge is 2.29. The molecular formula is C14H24Cl2N4O4S. The molecule has 1 aromatic rings. The predicted octanol–water partition coefficient (Wildman–Crippen LogP) is 1.24. The second kappa shape index (κ2) is 10.2. The van der Waals surface area contributed by atoms with E-state index in [9.17, 15) is 18.5 Å². The van der Waals surface area contributed by atoms with Crippen LogP contribution in [0.1, 0.15) is 11.1 Å². The van der Waals surface area contributed by atoms with E-state index < -0.39 is 14.9 Å². The Morgan fingerprint density at radius 2 is 1.76 bits per heavy atom. The summed E-state index contributed by atoms with van der Waals surface area (Å²) in [5.74, 6) is 0. The minimum Gasteiger partial charge on any atom is -0.314 e. The zero-order valence-corrected chi connectivity index (χ0v) is 16.6. The molecule has 1 aliphatic heterocycles. The third kappa shape index (κ3) is 6.05. The first-order chi connectivity index (χ1) is 10.8. The second-order valence-corrected chi connectivity index (χ2v) is 7.33. The molecular weight excluding hydrogens is 391 g/mol. The average molecular weight is 415 g/mol. The van der Waals surface area contributed by atoms with Gasteiger partial charge in [-0.15, -0.1) is 24.8 Å². The zero-order chi connectivity index (χ0) is 17.0. The van der Waals surface area contributed by atoms with Crippen molar-refractivity contribution >= 4 is 40.5 Å². The number of nitro groups is 1. The molecule has 25 heavy (non-hydrogen) atoms. The Bertz CT molecular complexity index is 694. The summed E-state index contributed by atoms with van der Waals surface area (Å²) < 4.78 is 27.5. The third-order valence-corrected chi connectivity index (χ3v) is 5.55. The van der Waals surface area contributed by atoms with E-state index in [0.717, 1.165) is 26.2 Å². The highest BCUT2D eigenvalue weighted by Crippen LogP contribution is 2.30. The van der Waals surface area contributed by atoms with Gasteiger partial charge in [0.1, 0.15) is 0 Å². The molecule has 0 aliphatic carbocycles. The van der Waals surface area contributed by atoms with Crippen LogP contribution in [0.15, 0.2) is 17.0 Å². The predicted molar refractivity (Wildman–Crippen MR) is 102 cm³/mol. The van der Waals surface area contributed by atoms with Crippen LogP contribution in [0.3, 0.4) is 0 Å². The van der Waals surface area contributed by atoms with Crippen molar-refractivity contribution in [2.45, 2.75) is 18.7 Å². The number of nitrogens with one attached hydrogen (secondary N) is 2. The highest BCUT2D eigenvalue weighted by molar-refractivity contribution is 7.89. The number of nitrogens with zero attached hydrogens (tertiary/aromatic N) is 2. The van der Waals surface area contributed by atoms with Gasteiger partial charge < -0.3 is 5.32 Å². The molecule has 1 aromatic carbocycles. The van der Waals surface area contributed by atoms with Crippen molar-refractivity contribution in [3.8, 4) is 0 Å². The second-order valence-electron chi connectivity index (χ2n) is 5.62. The van der Waals surface area contributed by atoms with Crippen LogP contribution in [0, 0.1) is 24.0 Å². The number of sulfonamides is 1. The lowest BCUT2D eigenvalue weighted by Gasteiger charge is -2.27. The number of aryl methyl sites for hydroxylation is 2. The zero-order valence-electron chi connectivity index (χ0n) is 14.1. The fourth-order valence-corrected chi connectivity index (χ4v) is 4.17. The number of halogens is 2. The topological polar surface area (TPSA) is 105 Å². The van der Waals surface area contributed by atoms with Gasteiger partial charge in [-0.2, -0.15) is 0 Å². The maximum Gasteiger partial charge on any atom is 0.292 e. The van der Waals surface area contributed by atoms with Crippen molar-refractivity contribution < 1.29 is 13.3 Å². The molecule has 0 spiro atoms. The number of rotatable bonds is 6. The molecule has 1 aliphatic rings. The number of piperazine rings is 1. The van der Waals surface area contributed by atoms with Gasteiger partial charge in [0.25, 0.3) is 5.69 Å². The van der Waals surface area contributed by atoms with Crippen LogP contribution >= 0.6 is 24.8 Å². The summed E-state index contributed by atoms with van der Waals surface area (Å²) in [5, 5.41) is 14.5. The summed E-state index contributed by atoms with van der Waals surface area (Å²) in [5.41, 5.74) is 0.361. The minimum absolute atomic E-state index is 0. The molecule has 2 N–H and O–H groups in total. The molecule has 1 heterocycles.